The van der Waals surface area contributed by atoms with Crippen molar-refractivity contribution in [2.45, 2.75) is 18.9 Å². The van der Waals surface area contributed by atoms with Crippen molar-refractivity contribution in [1.29, 1.82) is 0 Å². The summed E-state index contributed by atoms with van der Waals surface area (Å²) < 4.78 is 11.3. The Morgan fingerprint density at radius 1 is 1.08 bits per heavy atom. The summed E-state index contributed by atoms with van der Waals surface area (Å²) in [6.45, 7) is 2.52. The molecule has 0 saturated carbocycles. The third-order valence-corrected chi connectivity index (χ3v) is 4.72. The van der Waals surface area contributed by atoms with Gasteiger partial charge < -0.3 is 14.8 Å². The van der Waals surface area contributed by atoms with Crippen LogP contribution < -0.4 is 14.8 Å². The number of hydrogen-bond acceptors (Lipinski definition) is 4. The van der Waals surface area contributed by atoms with Gasteiger partial charge in [0.25, 0.3) is 0 Å². The number of hydrogen-bond donors (Lipinski definition) is 1. The zero-order chi connectivity index (χ0) is 17.1. The molecule has 2 heterocycles. The van der Waals surface area contributed by atoms with Crippen LogP contribution >= 0.6 is 0 Å². The third kappa shape index (κ3) is 3.61. The summed E-state index contributed by atoms with van der Waals surface area (Å²) in [6.07, 6.45) is 2.15. The van der Waals surface area contributed by atoms with Crippen LogP contribution in [0.1, 0.15) is 24.4 Å². The smallest absolute Gasteiger partial charge is 0.238 e. The van der Waals surface area contributed by atoms with Gasteiger partial charge in [0.15, 0.2) is 11.5 Å². The second kappa shape index (κ2) is 7.15. The second-order valence-corrected chi connectivity index (χ2v) is 6.45. The molecule has 2 aromatic carbocycles. The predicted molar refractivity (Wildman–Crippen MR) is 96.1 cm³/mol. The number of ether oxygens (including phenoxy) is 2. The Hall–Kier alpha value is -2.53. The first-order valence-electron chi connectivity index (χ1n) is 8.78. The van der Waals surface area contributed by atoms with Crippen LogP contribution in [0.4, 0.5) is 5.69 Å². The molecule has 2 aliphatic heterocycles. The summed E-state index contributed by atoms with van der Waals surface area (Å²) in [5.41, 5.74) is 2.02. The molecule has 2 aliphatic rings. The first-order valence-corrected chi connectivity index (χ1v) is 8.78. The molecule has 130 valence electrons. The van der Waals surface area contributed by atoms with Crippen molar-refractivity contribution >= 4 is 11.6 Å². The molecule has 0 aliphatic carbocycles. The number of rotatable bonds is 4. The Balaban J connectivity index is 1.44. The number of nitrogens with zero attached hydrogens (tertiary/aromatic N) is 1. The SMILES string of the molecule is O=C(CN1CCC[C@H]1c1ccc2c(c1)OCCO2)Nc1ccccc1. The lowest BCUT2D eigenvalue weighted by atomic mass is 10.0. The normalized spacial score (nSPS) is 19.6. The Bertz CT molecular complexity index is 748. The molecule has 25 heavy (non-hydrogen) atoms. The van der Waals surface area contributed by atoms with E-state index in [9.17, 15) is 4.79 Å². The van der Waals surface area contributed by atoms with Crippen molar-refractivity contribution in [2.24, 2.45) is 0 Å². The van der Waals surface area contributed by atoms with Crippen LogP contribution in [0.5, 0.6) is 11.5 Å². The molecule has 5 nitrogen and oxygen atoms in total. The number of nitrogens with one attached hydrogen (secondary N) is 1. The molecule has 1 amide bonds. The van der Waals surface area contributed by atoms with E-state index in [1.165, 1.54) is 5.56 Å². The maximum absolute atomic E-state index is 12.4. The van der Waals surface area contributed by atoms with Gasteiger partial charge in [-0.25, -0.2) is 0 Å². The number of fused-ring (bicyclic) bond motifs is 1. The number of carbonyl (C=O) groups excluding carboxylic acids is 1. The van der Waals surface area contributed by atoms with E-state index in [4.69, 9.17) is 9.47 Å². The summed E-state index contributed by atoms with van der Waals surface area (Å²) >= 11 is 0. The highest BCUT2D eigenvalue weighted by Gasteiger charge is 2.28. The van der Waals surface area contributed by atoms with E-state index in [1.54, 1.807) is 0 Å². The van der Waals surface area contributed by atoms with Gasteiger partial charge in [0.1, 0.15) is 13.2 Å². The van der Waals surface area contributed by atoms with Crippen molar-refractivity contribution in [3.8, 4) is 11.5 Å². The van der Waals surface area contributed by atoms with E-state index in [-0.39, 0.29) is 11.9 Å². The molecular formula is C20H22N2O3. The lowest BCUT2D eigenvalue weighted by molar-refractivity contribution is -0.117. The van der Waals surface area contributed by atoms with Gasteiger partial charge in [-0.2, -0.15) is 0 Å². The number of anilines is 1. The lowest BCUT2D eigenvalue weighted by Gasteiger charge is -2.26. The van der Waals surface area contributed by atoms with Gasteiger partial charge in [0.05, 0.1) is 6.54 Å². The summed E-state index contributed by atoms with van der Waals surface area (Å²) in [6, 6.07) is 16.0. The number of para-hydroxylation sites is 1. The zero-order valence-electron chi connectivity index (χ0n) is 14.1. The Morgan fingerprint density at radius 2 is 1.88 bits per heavy atom. The van der Waals surface area contributed by atoms with E-state index >= 15 is 0 Å². The molecule has 4 rings (SSSR count). The summed E-state index contributed by atoms with van der Waals surface area (Å²) in [5, 5.41) is 2.97. The highest BCUT2D eigenvalue weighted by atomic mass is 16.6. The van der Waals surface area contributed by atoms with Crippen molar-refractivity contribution < 1.29 is 14.3 Å². The van der Waals surface area contributed by atoms with Crippen LogP contribution in [0.15, 0.2) is 48.5 Å². The van der Waals surface area contributed by atoms with Crippen molar-refractivity contribution in [1.82, 2.24) is 4.90 Å². The quantitative estimate of drug-likeness (QED) is 0.930. The average molecular weight is 338 g/mol. The highest BCUT2D eigenvalue weighted by Crippen LogP contribution is 2.37. The topological polar surface area (TPSA) is 50.8 Å². The van der Waals surface area contributed by atoms with Gasteiger partial charge in [-0.15, -0.1) is 0 Å². The summed E-state index contributed by atoms with van der Waals surface area (Å²) in [4.78, 5) is 14.6. The van der Waals surface area contributed by atoms with Crippen LogP contribution in [-0.4, -0.2) is 37.1 Å². The van der Waals surface area contributed by atoms with Crippen LogP contribution in [0, 0.1) is 0 Å². The van der Waals surface area contributed by atoms with Gasteiger partial charge in [-0.3, -0.25) is 9.69 Å². The Morgan fingerprint density at radius 3 is 2.72 bits per heavy atom. The molecule has 1 atom stereocenters. The molecule has 0 unspecified atom stereocenters. The fraction of sp³-hybridized carbons (Fsp3) is 0.350. The minimum Gasteiger partial charge on any atom is -0.486 e. The molecule has 0 spiro atoms. The van der Waals surface area contributed by atoms with Gasteiger partial charge in [0, 0.05) is 11.7 Å². The molecule has 1 fully saturated rings. The van der Waals surface area contributed by atoms with Crippen molar-refractivity contribution in [3.63, 3.8) is 0 Å². The fourth-order valence-electron chi connectivity index (χ4n) is 3.57. The molecule has 0 aromatic heterocycles. The van der Waals surface area contributed by atoms with Crippen LogP contribution in [0.3, 0.4) is 0 Å². The van der Waals surface area contributed by atoms with E-state index in [1.807, 2.05) is 36.4 Å². The molecular weight excluding hydrogens is 316 g/mol. The zero-order valence-corrected chi connectivity index (χ0v) is 14.1. The Labute approximate surface area is 147 Å². The maximum atomic E-state index is 12.4. The van der Waals surface area contributed by atoms with E-state index < -0.39 is 0 Å². The second-order valence-electron chi connectivity index (χ2n) is 6.45. The molecule has 1 saturated heterocycles. The Kier molecular flexibility index (Phi) is 4.57. The maximum Gasteiger partial charge on any atom is 0.238 e. The summed E-state index contributed by atoms with van der Waals surface area (Å²) in [7, 11) is 0. The van der Waals surface area contributed by atoms with E-state index in [2.05, 4.69) is 22.3 Å². The highest BCUT2D eigenvalue weighted by molar-refractivity contribution is 5.92. The third-order valence-electron chi connectivity index (χ3n) is 4.72. The van der Waals surface area contributed by atoms with Gasteiger partial charge in [-0.1, -0.05) is 24.3 Å². The van der Waals surface area contributed by atoms with Gasteiger partial charge in [0.2, 0.25) is 5.91 Å². The minimum absolute atomic E-state index is 0.0237. The molecule has 0 bridgehead atoms. The van der Waals surface area contributed by atoms with Gasteiger partial charge >= 0.3 is 0 Å². The number of amides is 1. The van der Waals surface area contributed by atoms with Crippen LogP contribution in [0.25, 0.3) is 0 Å². The average Bonchev–Trinajstić information content (AvgIpc) is 3.10. The number of carbonyl (C=O) groups is 1. The number of benzene rings is 2. The lowest BCUT2D eigenvalue weighted by Crippen LogP contribution is -2.33. The van der Waals surface area contributed by atoms with Crippen LogP contribution in [-0.2, 0) is 4.79 Å². The first kappa shape index (κ1) is 16.0. The molecule has 1 N–H and O–H groups in total. The van der Waals surface area contributed by atoms with Crippen molar-refractivity contribution in [3.05, 3.63) is 54.1 Å². The largest absolute Gasteiger partial charge is 0.486 e. The predicted octanol–water partition coefficient (Wildman–Crippen LogP) is 3.23. The standard InChI is InChI=1S/C20H22N2O3/c23-20(21-16-5-2-1-3-6-16)14-22-10-4-7-17(22)15-8-9-18-19(13-15)25-12-11-24-18/h1-3,5-6,8-9,13,17H,4,7,10-12,14H2,(H,21,23)/t17-/m0/s1. The first-order chi connectivity index (χ1) is 12.3. The molecule has 5 heteroatoms. The van der Waals surface area contributed by atoms with Gasteiger partial charge in [-0.05, 0) is 49.2 Å². The molecule has 0 radical (unpaired) electrons. The number of likely N-dealkylation sites (tertiary alicyclic amines) is 1. The van der Waals surface area contributed by atoms with Crippen molar-refractivity contribution in [2.75, 3.05) is 31.6 Å². The van der Waals surface area contributed by atoms with E-state index in [0.29, 0.717) is 19.8 Å². The molecule has 2 aromatic rings. The van der Waals surface area contributed by atoms with E-state index in [0.717, 1.165) is 36.6 Å². The monoisotopic (exact) mass is 338 g/mol. The minimum atomic E-state index is 0.0237. The summed E-state index contributed by atoms with van der Waals surface area (Å²) in [5.74, 6) is 1.64. The van der Waals surface area contributed by atoms with Crippen LogP contribution in [0.2, 0.25) is 0 Å². The fourth-order valence-corrected chi connectivity index (χ4v) is 3.57.